The van der Waals surface area contributed by atoms with Crippen LogP contribution in [-0.2, 0) is 4.18 Å². The standard InChI is InChI=1S/C5H10N2OS/c1-5(6-7-5)3-4-8-9-2/h3-4H2,1-2H3. The summed E-state index contributed by atoms with van der Waals surface area (Å²) in [5.74, 6) is 0. The molecule has 0 radical (unpaired) electrons. The molecule has 0 atom stereocenters. The number of nitrogens with zero attached hydrogens (tertiary/aromatic N) is 2. The fourth-order valence-electron chi connectivity index (χ4n) is 0.504. The maximum atomic E-state index is 5.05. The summed E-state index contributed by atoms with van der Waals surface area (Å²) in [6.45, 7) is 2.74. The van der Waals surface area contributed by atoms with Gasteiger partial charge in [-0.3, -0.25) is 0 Å². The van der Waals surface area contributed by atoms with E-state index >= 15 is 0 Å². The lowest BCUT2D eigenvalue weighted by Gasteiger charge is -2.00. The minimum atomic E-state index is -0.0876. The van der Waals surface area contributed by atoms with Gasteiger partial charge in [-0.1, -0.05) is 0 Å². The van der Waals surface area contributed by atoms with Gasteiger partial charge in [0.1, 0.15) is 0 Å². The molecule has 1 rings (SSSR count). The van der Waals surface area contributed by atoms with Gasteiger partial charge in [0.2, 0.25) is 0 Å². The van der Waals surface area contributed by atoms with Gasteiger partial charge in [0.05, 0.1) is 6.61 Å². The third-order valence-corrected chi connectivity index (χ3v) is 1.62. The summed E-state index contributed by atoms with van der Waals surface area (Å²) in [7, 11) is 0. The summed E-state index contributed by atoms with van der Waals surface area (Å²) in [6, 6.07) is 0. The van der Waals surface area contributed by atoms with Crippen molar-refractivity contribution in [1.29, 1.82) is 0 Å². The Morgan fingerprint density at radius 3 is 2.67 bits per heavy atom. The van der Waals surface area contributed by atoms with Crippen molar-refractivity contribution in [1.82, 2.24) is 0 Å². The molecule has 0 aromatic heterocycles. The monoisotopic (exact) mass is 146 g/mol. The second kappa shape index (κ2) is 2.66. The highest BCUT2D eigenvalue weighted by molar-refractivity contribution is 7.93. The minimum absolute atomic E-state index is 0.0876. The van der Waals surface area contributed by atoms with Crippen LogP contribution in [0.1, 0.15) is 13.3 Å². The minimum Gasteiger partial charge on any atom is -0.315 e. The van der Waals surface area contributed by atoms with Gasteiger partial charge >= 0.3 is 0 Å². The second-order valence-corrected chi connectivity index (χ2v) is 2.72. The van der Waals surface area contributed by atoms with Crippen LogP contribution in [0.3, 0.4) is 0 Å². The van der Waals surface area contributed by atoms with Gasteiger partial charge in [-0.15, -0.1) is 0 Å². The Labute approximate surface area is 59.1 Å². The Hall–Kier alpha value is -0.0900. The van der Waals surface area contributed by atoms with Crippen LogP contribution in [0.15, 0.2) is 10.2 Å². The van der Waals surface area contributed by atoms with Crippen molar-refractivity contribution in [3.8, 4) is 0 Å². The Bertz CT molecular complexity index is 120. The van der Waals surface area contributed by atoms with Crippen LogP contribution in [0.4, 0.5) is 0 Å². The third kappa shape index (κ3) is 2.32. The van der Waals surface area contributed by atoms with E-state index in [1.807, 2.05) is 13.2 Å². The Morgan fingerprint density at radius 2 is 2.22 bits per heavy atom. The third-order valence-electron chi connectivity index (χ3n) is 1.22. The molecular weight excluding hydrogens is 136 g/mol. The zero-order valence-electron chi connectivity index (χ0n) is 5.63. The van der Waals surface area contributed by atoms with Gasteiger partial charge < -0.3 is 4.18 Å². The molecule has 0 fully saturated rings. The van der Waals surface area contributed by atoms with Crippen LogP contribution in [0.2, 0.25) is 0 Å². The molecule has 0 amide bonds. The molecule has 3 nitrogen and oxygen atoms in total. The lowest BCUT2D eigenvalue weighted by atomic mass is 10.2. The maximum absolute atomic E-state index is 5.05. The molecular formula is C5H10N2OS. The molecule has 0 spiro atoms. The summed E-state index contributed by atoms with van der Waals surface area (Å²) in [6.07, 6.45) is 2.82. The molecule has 0 saturated carbocycles. The van der Waals surface area contributed by atoms with Crippen LogP contribution in [0.5, 0.6) is 0 Å². The first-order valence-electron chi connectivity index (χ1n) is 2.86. The average Bonchev–Trinajstić information content (AvgIpc) is 2.50. The lowest BCUT2D eigenvalue weighted by Crippen LogP contribution is -2.06. The zero-order chi connectivity index (χ0) is 6.74. The van der Waals surface area contributed by atoms with Crippen molar-refractivity contribution >= 4 is 12.0 Å². The van der Waals surface area contributed by atoms with E-state index in [2.05, 4.69) is 10.2 Å². The van der Waals surface area contributed by atoms with Crippen molar-refractivity contribution in [3.05, 3.63) is 0 Å². The van der Waals surface area contributed by atoms with E-state index in [-0.39, 0.29) is 5.66 Å². The Balaban J connectivity index is 1.93. The van der Waals surface area contributed by atoms with Crippen molar-refractivity contribution in [2.45, 2.75) is 19.0 Å². The molecule has 4 heteroatoms. The SMILES string of the molecule is CSOCCC1(C)N=N1. The summed E-state index contributed by atoms with van der Waals surface area (Å²) in [4.78, 5) is 0. The van der Waals surface area contributed by atoms with Gasteiger partial charge in [-0.05, 0) is 19.0 Å². The molecule has 1 heterocycles. The number of rotatable bonds is 4. The van der Waals surface area contributed by atoms with Gasteiger partial charge in [-0.25, -0.2) is 0 Å². The first-order chi connectivity index (χ1) is 4.27. The van der Waals surface area contributed by atoms with E-state index in [4.69, 9.17) is 4.18 Å². The van der Waals surface area contributed by atoms with E-state index in [0.29, 0.717) is 0 Å². The predicted octanol–water partition coefficient (Wildman–Crippen LogP) is 1.85. The van der Waals surface area contributed by atoms with E-state index in [0.717, 1.165) is 13.0 Å². The highest BCUT2D eigenvalue weighted by Gasteiger charge is 2.32. The van der Waals surface area contributed by atoms with E-state index in [9.17, 15) is 0 Å². The van der Waals surface area contributed by atoms with E-state index in [1.165, 1.54) is 12.0 Å². The maximum Gasteiger partial charge on any atom is 0.190 e. The topological polar surface area (TPSA) is 34.0 Å². The van der Waals surface area contributed by atoms with Crippen molar-refractivity contribution < 1.29 is 4.18 Å². The number of hydrogen-bond donors (Lipinski definition) is 0. The highest BCUT2D eigenvalue weighted by Crippen LogP contribution is 2.30. The van der Waals surface area contributed by atoms with Gasteiger partial charge in [0.25, 0.3) is 0 Å². The largest absolute Gasteiger partial charge is 0.315 e. The Kier molecular flexibility index (Phi) is 2.08. The summed E-state index contributed by atoms with van der Waals surface area (Å²) in [5.41, 5.74) is -0.0876. The molecule has 0 bridgehead atoms. The highest BCUT2D eigenvalue weighted by atomic mass is 32.2. The van der Waals surface area contributed by atoms with Crippen LogP contribution in [0.25, 0.3) is 0 Å². The summed E-state index contributed by atoms with van der Waals surface area (Å²) >= 11 is 1.39. The molecule has 0 aromatic rings. The summed E-state index contributed by atoms with van der Waals surface area (Å²) in [5, 5.41) is 7.68. The van der Waals surface area contributed by atoms with Gasteiger partial charge in [0, 0.05) is 12.7 Å². The van der Waals surface area contributed by atoms with Crippen molar-refractivity contribution in [2.75, 3.05) is 12.9 Å². The van der Waals surface area contributed by atoms with Crippen LogP contribution < -0.4 is 0 Å². The first kappa shape index (κ1) is 7.02. The molecule has 0 saturated heterocycles. The Morgan fingerprint density at radius 1 is 1.56 bits per heavy atom. The van der Waals surface area contributed by atoms with Crippen LogP contribution in [-0.4, -0.2) is 18.5 Å². The van der Waals surface area contributed by atoms with Crippen molar-refractivity contribution in [3.63, 3.8) is 0 Å². The number of hydrogen-bond acceptors (Lipinski definition) is 4. The van der Waals surface area contributed by atoms with E-state index in [1.54, 1.807) is 0 Å². The molecule has 1 aliphatic heterocycles. The smallest absolute Gasteiger partial charge is 0.190 e. The molecule has 52 valence electrons. The quantitative estimate of drug-likeness (QED) is 0.448. The van der Waals surface area contributed by atoms with Crippen LogP contribution in [0, 0.1) is 0 Å². The molecule has 0 aromatic carbocycles. The predicted molar refractivity (Wildman–Crippen MR) is 37.3 cm³/mol. The normalized spacial score (nSPS) is 20.2. The molecule has 0 aliphatic carbocycles. The molecule has 1 aliphatic rings. The molecule has 0 N–H and O–H groups in total. The summed E-state index contributed by atoms with van der Waals surface area (Å²) < 4.78 is 5.05. The van der Waals surface area contributed by atoms with Gasteiger partial charge in [-0.2, -0.15) is 10.2 Å². The zero-order valence-corrected chi connectivity index (χ0v) is 6.44. The molecule has 9 heavy (non-hydrogen) atoms. The fraction of sp³-hybridized carbons (Fsp3) is 1.00. The van der Waals surface area contributed by atoms with E-state index < -0.39 is 0 Å². The fourth-order valence-corrected chi connectivity index (χ4v) is 0.754. The first-order valence-corrected chi connectivity index (χ1v) is 4.01. The van der Waals surface area contributed by atoms with Gasteiger partial charge in [0.15, 0.2) is 5.66 Å². The molecule has 0 unspecified atom stereocenters. The van der Waals surface area contributed by atoms with Crippen LogP contribution >= 0.6 is 12.0 Å². The average molecular weight is 146 g/mol. The van der Waals surface area contributed by atoms with Crippen molar-refractivity contribution in [2.24, 2.45) is 10.2 Å². The second-order valence-electron chi connectivity index (χ2n) is 2.16. The lowest BCUT2D eigenvalue weighted by molar-refractivity contribution is 0.340.